The van der Waals surface area contributed by atoms with Crippen molar-refractivity contribution in [2.75, 3.05) is 13.2 Å². The Labute approximate surface area is 179 Å². The number of benzene rings is 2. The number of hydrogen-bond acceptors (Lipinski definition) is 6. The summed E-state index contributed by atoms with van der Waals surface area (Å²) in [5.41, 5.74) is 3.22. The number of imide groups is 1. The zero-order valence-electron chi connectivity index (χ0n) is 17.1. The first kappa shape index (κ1) is 20.6. The molecule has 2 aromatic rings. The van der Waals surface area contributed by atoms with Gasteiger partial charge in [0, 0.05) is 17.2 Å². The highest BCUT2D eigenvalue weighted by atomic mass is 16.5. The summed E-state index contributed by atoms with van der Waals surface area (Å²) in [6, 6.07) is 12.9. The standard InChI is InChI=1S/C24H22N2O5/c1-15-21(30-14-22(28)26-24(29)20-8-5-11-25-20)10-9-18-19(16-6-3-2-4-7-16)12-17(13-27)31-23(15)18/h2-4,6-7,9-10,12,20,25H,5,8,11,14H2,1H3,(H,26,28,29)/t20-/m0/s1. The van der Waals surface area contributed by atoms with Crippen LogP contribution in [-0.4, -0.2) is 36.9 Å². The Balaban J connectivity index is 1.52. The molecular formula is C24H22N2O5. The van der Waals surface area contributed by atoms with Gasteiger partial charge in [0.15, 0.2) is 12.5 Å². The summed E-state index contributed by atoms with van der Waals surface area (Å²) >= 11 is 0. The zero-order valence-corrected chi connectivity index (χ0v) is 17.1. The van der Waals surface area contributed by atoms with Crippen molar-refractivity contribution in [1.29, 1.82) is 0 Å². The zero-order chi connectivity index (χ0) is 21.8. The minimum absolute atomic E-state index is 0.0685. The average Bonchev–Trinajstić information content (AvgIpc) is 3.34. The maximum Gasteiger partial charge on any atom is 0.264 e. The predicted octanol–water partition coefficient (Wildman–Crippen LogP) is 2.31. The maximum atomic E-state index is 12.1. The number of amides is 2. The second-order valence-electron chi connectivity index (χ2n) is 7.41. The van der Waals surface area contributed by atoms with E-state index in [9.17, 15) is 14.4 Å². The van der Waals surface area contributed by atoms with E-state index in [0.29, 0.717) is 23.5 Å². The summed E-state index contributed by atoms with van der Waals surface area (Å²) in [5.74, 6) is 1.93. The lowest BCUT2D eigenvalue weighted by Crippen LogP contribution is -2.44. The Morgan fingerprint density at radius 3 is 2.74 bits per heavy atom. The minimum atomic E-state index is -0.518. The van der Waals surface area contributed by atoms with Gasteiger partial charge in [0.25, 0.3) is 5.91 Å². The van der Waals surface area contributed by atoms with Crippen LogP contribution in [0.15, 0.2) is 54.3 Å². The first-order chi connectivity index (χ1) is 15.1. The van der Waals surface area contributed by atoms with Crippen molar-refractivity contribution in [3.05, 3.63) is 71.0 Å². The molecule has 0 radical (unpaired) electrons. The average molecular weight is 418 g/mol. The molecule has 2 aromatic carbocycles. The van der Waals surface area contributed by atoms with Gasteiger partial charge in [-0.2, -0.15) is 0 Å². The summed E-state index contributed by atoms with van der Waals surface area (Å²) in [6.45, 7) is 2.25. The van der Waals surface area contributed by atoms with Crippen LogP contribution in [0.2, 0.25) is 0 Å². The Bertz CT molecular complexity index is 1090. The van der Waals surface area contributed by atoms with Crippen molar-refractivity contribution in [2.45, 2.75) is 25.8 Å². The molecule has 7 heteroatoms. The van der Waals surface area contributed by atoms with Crippen molar-refractivity contribution >= 4 is 23.3 Å². The number of allylic oxidation sites excluding steroid dienone is 1. The van der Waals surface area contributed by atoms with Gasteiger partial charge >= 0.3 is 0 Å². The molecule has 2 heterocycles. The van der Waals surface area contributed by atoms with Gasteiger partial charge in [-0.05, 0) is 49.6 Å². The van der Waals surface area contributed by atoms with Gasteiger partial charge in [-0.1, -0.05) is 30.3 Å². The second-order valence-corrected chi connectivity index (χ2v) is 7.41. The van der Waals surface area contributed by atoms with Gasteiger partial charge in [-0.15, -0.1) is 0 Å². The Morgan fingerprint density at radius 1 is 1.23 bits per heavy atom. The molecule has 7 nitrogen and oxygen atoms in total. The quantitative estimate of drug-likeness (QED) is 0.724. The topological polar surface area (TPSA) is 93.7 Å². The molecule has 2 amide bonds. The fraction of sp³-hybridized carbons (Fsp3) is 0.250. The van der Waals surface area contributed by atoms with Crippen LogP contribution in [0.25, 0.3) is 5.57 Å². The van der Waals surface area contributed by atoms with Crippen molar-refractivity contribution in [3.63, 3.8) is 0 Å². The third kappa shape index (κ3) is 4.43. The van der Waals surface area contributed by atoms with Gasteiger partial charge in [0.05, 0.1) is 6.04 Å². The molecule has 4 rings (SSSR count). The summed E-state index contributed by atoms with van der Waals surface area (Å²) in [5, 5.41) is 5.40. The van der Waals surface area contributed by atoms with Crippen LogP contribution >= 0.6 is 0 Å². The van der Waals surface area contributed by atoms with Gasteiger partial charge in [-0.3, -0.25) is 14.9 Å². The van der Waals surface area contributed by atoms with Gasteiger partial charge in [0.2, 0.25) is 11.7 Å². The van der Waals surface area contributed by atoms with Crippen LogP contribution < -0.4 is 20.1 Å². The number of fused-ring (bicyclic) bond motifs is 1. The van der Waals surface area contributed by atoms with Gasteiger partial charge < -0.3 is 14.8 Å². The number of rotatable bonds is 5. The van der Waals surface area contributed by atoms with Crippen LogP contribution in [0, 0.1) is 6.92 Å². The number of carbonyl (C=O) groups excluding carboxylic acids is 3. The maximum absolute atomic E-state index is 12.1. The minimum Gasteiger partial charge on any atom is -0.483 e. The van der Waals surface area contributed by atoms with Crippen LogP contribution in [0.4, 0.5) is 0 Å². The van der Waals surface area contributed by atoms with Crippen LogP contribution in [-0.2, 0) is 14.4 Å². The first-order valence-electron chi connectivity index (χ1n) is 10.1. The van der Waals surface area contributed by atoms with E-state index in [1.54, 1.807) is 19.1 Å². The van der Waals surface area contributed by atoms with E-state index in [2.05, 4.69) is 10.6 Å². The van der Waals surface area contributed by atoms with Crippen LogP contribution in [0.3, 0.4) is 0 Å². The van der Waals surface area contributed by atoms with Crippen molar-refractivity contribution in [1.82, 2.24) is 10.6 Å². The van der Waals surface area contributed by atoms with E-state index in [0.717, 1.165) is 29.7 Å². The van der Waals surface area contributed by atoms with E-state index < -0.39 is 5.91 Å². The highest BCUT2D eigenvalue weighted by molar-refractivity contribution is 5.98. The molecule has 0 aliphatic carbocycles. The third-order valence-corrected chi connectivity index (χ3v) is 5.32. The SMILES string of the molecule is Cc1c(OCC(=O)NC(=O)[C@@H]2CCCN2)ccc2c1OC(=C=O)C=C2c1ccccc1. The molecule has 2 N–H and O–H groups in total. The summed E-state index contributed by atoms with van der Waals surface area (Å²) in [7, 11) is 0. The lowest BCUT2D eigenvalue weighted by atomic mass is 9.93. The molecule has 0 spiro atoms. The monoisotopic (exact) mass is 418 g/mol. The predicted molar refractivity (Wildman–Crippen MR) is 114 cm³/mol. The van der Waals surface area contributed by atoms with E-state index in [1.807, 2.05) is 42.3 Å². The Kier molecular flexibility index (Phi) is 5.98. The fourth-order valence-electron chi connectivity index (χ4n) is 3.74. The summed E-state index contributed by atoms with van der Waals surface area (Å²) in [4.78, 5) is 35.5. The lowest BCUT2D eigenvalue weighted by Gasteiger charge is -2.22. The van der Waals surface area contributed by atoms with E-state index >= 15 is 0 Å². The highest BCUT2D eigenvalue weighted by Gasteiger charge is 2.25. The molecule has 0 bridgehead atoms. The van der Waals surface area contributed by atoms with Crippen LogP contribution in [0.1, 0.15) is 29.5 Å². The fourth-order valence-corrected chi connectivity index (χ4v) is 3.74. The number of carbonyl (C=O) groups is 2. The molecule has 0 saturated carbocycles. The smallest absolute Gasteiger partial charge is 0.264 e. The number of ether oxygens (including phenoxy) is 2. The molecule has 2 aliphatic heterocycles. The number of hydrogen-bond donors (Lipinski definition) is 2. The lowest BCUT2D eigenvalue weighted by molar-refractivity contribution is -0.132. The second kappa shape index (κ2) is 9.00. The van der Waals surface area contributed by atoms with Crippen molar-refractivity contribution < 1.29 is 23.9 Å². The van der Waals surface area contributed by atoms with Gasteiger partial charge in [-0.25, -0.2) is 4.79 Å². The van der Waals surface area contributed by atoms with E-state index in [4.69, 9.17) is 9.47 Å². The summed E-state index contributed by atoms with van der Waals surface area (Å²) < 4.78 is 11.4. The van der Waals surface area contributed by atoms with Crippen molar-refractivity contribution in [3.8, 4) is 11.5 Å². The van der Waals surface area contributed by atoms with E-state index in [1.165, 1.54) is 0 Å². The van der Waals surface area contributed by atoms with E-state index in [-0.39, 0.29) is 24.3 Å². The summed E-state index contributed by atoms with van der Waals surface area (Å²) in [6.07, 6.45) is 3.28. The normalized spacial score (nSPS) is 17.1. The first-order valence-corrected chi connectivity index (χ1v) is 10.1. The van der Waals surface area contributed by atoms with Gasteiger partial charge in [0.1, 0.15) is 11.5 Å². The molecule has 158 valence electrons. The molecule has 31 heavy (non-hydrogen) atoms. The molecule has 2 aliphatic rings. The van der Waals surface area contributed by atoms with Crippen LogP contribution in [0.5, 0.6) is 11.5 Å². The Morgan fingerprint density at radius 2 is 2.03 bits per heavy atom. The Hall–Kier alpha value is -3.67. The molecule has 0 unspecified atom stereocenters. The highest BCUT2D eigenvalue weighted by Crippen LogP contribution is 2.42. The molecule has 1 fully saturated rings. The number of nitrogens with one attached hydrogen (secondary N) is 2. The molecule has 1 saturated heterocycles. The largest absolute Gasteiger partial charge is 0.483 e. The molecule has 0 aromatic heterocycles. The molecular weight excluding hydrogens is 396 g/mol. The van der Waals surface area contributed by atoms with Crippen molar-refractivity contribution in [2.24, 2.45) is 0 Å². The molecule has 1 atom stereocenters. The third-order valence-electron chi connectivity index (χ3n) is 5.32.